The van der Waals surface area contributed by atoms with E-state index in [9.17, 15) is 5.11 Å². The smallest absolute Gasteiger partial charge is 0.185 e. The summed E-state index contributed by atoms with van der Waals surface area (Å²) in [6, 6.07) is 0.547. The van der Waals surface area contributed by atoms with E-state index in [0.717, 1.165) is 44.7 Å². The van der Waals surface area contributed by atoms with E-state index in [1.165, 1.54) is 0 Å². The van der Waals surface area contributed by atoms with Gasteiger partial charge in [-0.2, -0.15) is 0 Å². The lowest BCUT2D eigenvalue weighted by Crippen LogP contribution is -2.24. The molecule has 0 spiro atoms. The van der Waals surface area contributed by atoms with Gasteiger partial charge in [-0.05, 0) is 38.8 Å². The summed E-state index contributed by atoms with van der Waals surface area (Å²) in [6.07, 6.45) is 1.98. The SMILES string of the molecule is CC(C)=C(O)N(C)CCCOCCCNC(C)C. The third-order valence-electron chi connectivity index (χ3n) is 2.61. The summed E-state index contributed by atoms with van der Waals surface area (Å²) >= 11 is 0. The van der Waals surface area contributed by atoms with Crippen LogP contribution in [-0.2, 0) is 4.74 Å². The molecular weight excluding hydrogens is 228 g/mol. The average molecular weight is 258 g/mol. The molecule has 0 aliphatic rings. The minimum atomic E-state index is 0.371. The van der Waals surface area contributed by atoms with Crippen molar-refractivity contribution in [1.82, 2.24) is 10.2 Å². The summed E-state index contributed by atoms with van der Waals surface area (Å²) in [7, 11) is 1.90. The maximum absolute atomic E-state index is 9.68. The van der Waals surface area contributed by atoms with Crippen LogP contribution in [0.3, 0.4) is 0 Å². The summed E-state index contributed by atoms with van der Waals surface area (Å²) in [6.45, 7) is 11.5. The Labute approximate surface area is 112 Å². The molecule has 0 unspecified atom stereocenters. The van der Waals surface area contributed by atoms with Gasteiger partial charge in [0.1, 0.15) is 0 Å². The molecule has 0 heterocycles. The van der Waals surface area contributed by atoms with Crippen LogP contribution in [0.2, 0.25) is 0 Å². The first kappa shape index (κ1) is 17.3. The van der Waals surface area contributed by atoms with Crippen molar-refractivity contribution in [2.45, 2.75) is 46.6 Å². The van der Waals surface area contributed by atoms with E-state index >= 15 is 0 Å². The van der Waals surface area contributed by atoms with Gasteiger partial charge in [-0.1, -0.05) is 13.8 Å². The van der Waals surface area contributed by atoms with Crippen molar-refractivity contribution in [3.63, 3.8) is 0 Å². The minimum absolute atomic E-state index is 0.371. The fourth-order valence-corrected chi connectivity index (χ4v) is 1.56. The van der Waals surface area contributed by atoms with Gasteiger partial charge in [0.25, 0.3) is 0 Å². The zero-order valence-corrected chi connectivity index (χ0v) is 12.6. The molecule has 2 N–H and O–H groups in total. The second-order valence-electron chi connectivity index (χ2n) is 5.17. The number of nitrogens with one attached hydrogen (secondary N) is 1. The number of hydrogen-bond acceptors (Lipinski definition) is 4. The third-order valence-corrected chi connectivity index (χ3v) is 2.61. The molecule has 0 radical (unpaired) electrons. The Kier molecular flexibility index (Phi) is 9.79. The fraction of sp³-hybridized carbons (Fsp3) is 0.857. The Bertz CT molecular complexity index is 236. The molecule has 0 saturated carbocycles. The maximum Gasteiger partial charge on any atom is 0.185 e. The summed E-state index contributed by atoms with van der Waals surface area (Å²) in [5, 5.41) is 13.0. The Morgan fingerprint density at radius 1 is 1.22 bits per heavy atom. The van der Waals surface area contributed by atoms with Crippen molar-refractivity contribution in [3.8, 4) is 0 Å². The molecule has 0 aliphatic carbocycles. The van der Waals surface area contributed by atoms with Gasteiger partial charge < -0.3 is 20.1 Å². The predicted octanol–water partition coefficient (Wildman–Crippen LogP) is 2.52. The largest absolute Gasteiger partial charge is 0.495 e. The summed E-state index contributed by atoms with van der Waals surface area (Å²) in [5.74, 6) is 0.371. The zero-order valence-electron chi connectivity index (χ0n) is 12.6. The molecule has 18 heavy (non-hydrogen) atoms. The standard InChI is InChI=1S/C14H30N2O2/c1-12(2)14(17)16(5)9-7-11-18-10-6-8-15-13(3)4/h13,15,17H,6-11H2,1-5H3. The van der Waals surface area contributed by atoms with Gasteiger partial charge >= 0.3 is 0 Å². The monoisotopic (exact) mass is 258 g/mol. The van der Waals surface area contributed by atoms with Crippen LogP contribution >= 0.6 is 0 Å². The highest BCUT2D eigenvalue weighted by Gasteiger charge is 2.03. The van der Waals surface area contributed by atoms with Crippen LogP contribution in [-0.4, -0.2) is 49.4 Å². The van der Waals surface area contributed by atoms with Gasteiger partial charge in [-0.15, -0.1) is 0 Å². The molecule has 0 aromatic heterocycles. The molecule has 108 valence electrons. The normalized spacial score (nSPS) is 10.8. The van der Waals surface area contributed by atoms with Gasteiger partial charge in [0.2, 0.25) is 0 Å². The van der Waals surface area contributed by atoms with Gasteiger partial charge in [-0.25, -0.2) is 0 Å². The van der Waals surface area contributed by atoms with E-state index in [2.05, 4.69) is 19.2 Å². The first-order valence-electron chi connectivity index (χ1n) is 6.83. The highest BCUT2D eigenvalue weighted by atomic mass is 16.5. The predicted molar refractivity (Wildman–Crippen MR) is 76.8 cm³/mol. The van der Waals surface area contributed by atoms with E-state index in [0.29, 0.717) is 11.9 Å². The molecule has 4 heteroatoms. The first-order valence-corrected chi connectivity index (χ1v) is 6.83. The molecule has 0 saturated heterocycles. The quantitative estimate of drug-likeness (QED) is 0.467. The molecule has 0 aromatic carbocycles. The van der Waals surface area contributed by atoms with Crippen LogP contribution < -0.4 is 5.32 Å². The van der Waals surface area contributed by atoms with Crippen molar-refractivity contribution >= 4 is 0 Å². The van der Waals surface area contributed by atoms with Gasteiger partial charge in [0.05, 0.1) is 0 Å². The Morgan fingerprint density at radius 2 is 1.83 bits per heavy atom. The van der Waals surface area contributed by atoms with E-state index in [1.54, 1.807) is 0 Å². The molecule has 0 bridgehead atoms. The number of aliphatic hydroxyl groups excluding tert-OH is 1. The van der Waals surface area contributed by atoms with Crippen LogP contribution in [0.5, 0.6) is 0 Å². The maximum atomic E-state index is 9.68. The van der Waals surface area contributed by atoms with Crippen LogP contribution in [0, 0.1) is 0 Å². The van der Waals surface area contributed by atoms with E-state index in [-0.39, 0.29) is 0 Å². The second-order valence-corrected chi connectivity index (χ2v) is 5.17. The Morgan fingerprint density at radius 3 is 2.39 bits per heavy atom. The number of aliphatic hydroxyl groups is 1. The number of nitrogens with zero attached hydrogens (tertiary/aromatic N) is 1. The third kappa shape index (κ3) is 9.31. The van der Waals surface area contributed by atoms with E-state index in [1.807, 2.05) is 25.8 Å². The number of allylic oxidation sites excluding steroid dienone is 1. The molecule has 0 rings (SSSR count). The molecular formula is C14H30N2O2. The Hall–Kier alpha value is -0.740. The van der Waals surface area contributed by atoms with Crippen LogP contribution in [0.25, 0.3) is 0 Å². The lowest BCUT2D eigenvalue weighted by Gasteiger charge is -2.19. The van der Waals surface area contributed by atoms with Gasteiger partial charge in [0.15, 0.2) is 5.88 Å². The van der Waals surface area contributed by atoms with Crippen LogP contribution in [0.15, 0.2) is 11.5 Å². The topological polar surface area (TPSA) is 44.7 Å². The van der Waals surface area contributed by atoms with Gasteiger partial charge in [-0.3, -0.25) is 0 Å². The summed E-state index contributed by atoms with van der Waals surface area (Å²) in [5.41, 5.74) is 0.943. The van der Waals surface area contributed by atoms with Crippen molar-refractivity contribution in [2.24, 2.45) is 0 Å². The summed E-state index contributed by atoms with van der Waals surface area (Å²) < 4.78 is 5.54. The van der Waals surface area contributed by atoms with E-state index in [4.69, 9.17) is 4.74 Å². The molecule has 0 aromatic rings. The number of hydrogen-bond donors (Lipinski definition) is 2. The average Bonchev–Trinajstić information content (AvgIpc) is 2.30. The molecule has 0 fully saturated rings. The van der Waals surface area contributed by atoms with Crippen molar-refractivity contribution < 1.29 is 9.84 Å². The second kappa shape index (κ2) is 10.2. The molecule has 4 nitrogen and oxygen atoms in total. The highest BCUT2D eigenvalue weighted by molar-refractivity contribution is 4.99. The number of ether oxygens (including phenoxy) is 1. The molecule has 0 aliphatic heterocycles. The Balaban J connectivity index is 3.38. The molecule has 0 amide bonds. The van der Waals surface area contributed by atoms with Crippen molar-refractivity contribution in [2.75, 3.05) is 33.4 Å². The van der Waals surface area contributed by atoms with E-state index < -0.39 is 0 Å². The van der Waals surface area contributed by atoms with Gasteiger partial charge in [0, 0.05) is 32.8 Å². The first-order chi connectivity index (χ1) is 8.45. The highest BCUT2D eigenvalue weighted by Crippen LogP contribution is 2.04. The molecule has 0 atom stereocenters. The van der Waals surface area contributed by atoms with Crippen molar-refractivity contribution in [3.05, 3.63) is 11.5 Å². The summed E-state index contributed by atoms with van der Waals surface area (Å²) in [4.78, 5) is 1.86. The fourth-order valence-electron chi connectivity index (χ4n) is 1.56. The lowest BCUT2D eigenvalue weighted by atomic mass is 10.3. The number of rotatable bonds is 10. The zero-order chi connectivity index (χ0) is 14.0. The van der Waals surface area contributed by atoms with Crippen LogP contribution in [0.1, 0.15) is 40.5 Å². The van der Waals surface area contributed by atoms with Crippen LogP contribution in [0.4, 0.5) is 0 Å². The van der Waals surface area contributed by atoms with Crippen molar-refractivity contribution in [1.29, 1.82) is 0 Å². The lowest BCUT2D eigenvalue weighted by molar-refractivity contribution is 0.118. The minimum Gasteiger partial charge on any atom is -0.495 e.